The van der Waals surface area contributed by atoms with Gasteiger partial charge in [-0.05, 0) is 35.2 Å². The maximum atomic E-state index is 11.7. The number of hydrazine groups is 1. The molecule has 86 valence electrons. The molecule has 1 aliphatic heterocycles. The molecular weight excluding hydrogens is 212 g/mol. The van der Waals surface area contributed by atoms with Crippen molar-refractivity contribution in [1.29, 1.82) is 0 Å². The van der Waals surface area contributed by atoms with E-state index in [1.165, 1.54) is 21.3 Å². The lowest BCUT2D eigenvalue weighted by Gasteiger charge is -2.18. The summed E-state index contributed by atoms with van der Waals surface area (Å²) in [7, 11) is 0. The highest BCUT2D eigenvalue weighted by molar-refractivity contribution is 5.99. The molecule has 3 nitrogen and oxygen atoms in total. The summed E-state index contributed by atoms with van der Waals surface area (Å²) in [5, 5.41) is 3.71. The fourth-order valence-corrected chi connectivity index (χ4v) is 2.48. The van der Waals surface area contributed by atoms with Crippen molar-refractivity contribution in [2.75, 3.05) is 5.01 Å². The van der Waals surface area contributed by atoms with Crippen LogP contribution in [0, 0.1) is 0 Å². The van der Waals surface area contributed by atoms with Gasteiger partial charge in [-0.1, -0.05) is 30.3 Å². The fourth-order valence-electron chi connectivity index (χ4n) is 2.48. The number of aryl methyl sites for hydroxylation is 1. The predicted molar refractivity (Wildman–Crippen MR) is 68.6 cm³/mol. The number of fused-ring (bicyclic) bond motifs is 3. The molecule has 0 fully saturated rings. The van der Waals surface area contributed by atoms with Gasteiger partial charge in [-0.15, -0.1) is 0 Å². The largest absolute Gasteiger partial charge is 0.273 e. The fraction of sp³-hybridized carbons (Fsp3) is 0.214. The topological polar surface area (TPSA) is 46.3 Å². The molecule has 0 bridgehead atoms. The minimum absolute atomic E-state index is 0.000897. The summed E-state index contributed by atoms with van der Waals surface area (Å²) in [4.78, 5) is 11.7. The van der Waals surface area contributed by atoms with Gasteiger partial charge in [-0.2, -0.15) is 0 Å². The van der Waals surface area contributed by atoms with Crippen LogP contribution >= 0.6 is 0 Å². The summed E-state index contributed by atoms with van der Waals surface area (Å²) in [5.41, 5.74) is 2.04. The van der Waals surface area contributed by atoms with E-state index in [-0.39, 0.29) is 5.91 Å². The van der Waals surface area contributed by atoms with Crippen LogP contribution in [0.15, 0.2) is 36.4 Å². The Kier molecular flexibility index (Phi) is 2.34. The van der Waals surface area contributed by atoms with Crippen molar-refractivity contribution in [3.05, 3.63) is 42.0 Å². The van der Waals surface area contributed by atoms with Crippen LogP contribution in [0.2, 0.25) is 0 Å². The quantitative estimate of drug-likeness (QED) is 0.553. The van der Waals surface area contributed by atoms with Crippen molar-refractivity contribution >= 4 is 22.4 Å². The third-order valence-electron chi connectivity index (χ3n) is 3.36. The Hall–Kier alpha value is -1.87. The lowest BCUT2D eigenvalue weighted by molar-refractivity contribution is -0.118. The summed E-state index contributed by atoms with van der Waals surface area (Å²) in [6, 6.07) is 12.2. The lowest BCUT2D eigenvalue weighted by Crippen LogP contribution is -2.36. The first-order valence-electron chi connectivity index (χ1n) is 5.85. The summed E-state index contributed by atoms with van der Waals surface area (Å²) in [6.45, 7) is 0. The third-order valence-corrected chi connectivity index (χ3v) is 3.36. The van der Waals surface area contributed by atoms with Crippen LogP contribution in [0.4, 0.5) is 5.69 Å². The van der Waals surface area contributed by atoms with Crippen LogP contribution in [-0.2, 0) is 11.2 Å². The molecule has 17 heavy (non-hydrogen) atoms. The molecule has 1 aliphatic rings. The molecule has 1 heterocycles. The second kappa shape index (κ2) is 3.86. The summed E-state index contributed by atoms with van der Waals surface area (Å²) in [6.07, 6.45) is 2.31. The smallest absolute Gasteiger partial charge is 0.241 e. The van der Waals surface area contributed by atoms with Crippen molar-refractivity contribution in [2.45, 2.75) is 19.3 Å². The van der Waals surface area contributed by atoms with Gasteiger partial charge in [0.1, 0.15) is 0 Å². The summed E-state index contributed by atoms with van der Waals surface area (Å²) in [5.74, 6) is 5.86. The van der Waals surface area contributed by atoms with E-state index < -0.39 is 0 Å². The van der Waals surface area contributed by atoms with E-state index in [9.17, 15) is 4.79 Å². The average Bonchev–Trinajstić information content (AvgIpc) is 2.51. The monoisotopic (exact) mass is 226 g/mol. The zero-order chi connectivity index (χ0) is 11.8. The zero-order valence-corrected chi connectivity index (χ0v) is 9.52. The highest BCUT2D eigenvalue weighted by Crippen LogP contribution is 2.31. The van der Waals surface area contributed by atoms with Crippen molar-refractivity contribution < 1.29 is 4.79 Å². The Bertz CT molecular complexity index is 592. The highest BCUT2D eigenvalue weighted by atomic mass is 16.2. The SMILES string of the molecule is NN1C(=O)CCCc2c1ccc1ccccc21. The molecule has 0 atom stereocenters. The third kappa shape index (κ3) is 1.59. The Labute approximate surface area is 99.8 Å². The molecule has 0 radical (unpaired) electrons. The number of benzene rings is 2. The number of hydrogen-bond donors (Lipinski definition) is 1. The molecule has 0 unspecified atom stereocenters. The molecule has 3 rings (SSSR count). The molecule has 0 saturated carbocycles. The molecule has 0 aliphatic carbocycles. The minimum Gasteiger partial charge on any atom is -0.273 e. The Morgan fingerprint density at radius 2 is 1.88 bits per heavy atom. The maximum Gasteiger partial charge on any atom is 0.241 e. The van der Waals surface area contributed by atoms with Gasteiger partial charge in [0, 0.05) is 6.42 Å². The van der Waals surface area contributed by atoms with Gasteiger partial charge in [0.15, 0.2) is 0 Å². The number of nitrogens with zero attached hydrogens (tertiary/aromatic N) is 1. The molecule has 2 N–H and O–H groups in total. The van der Waals surface area contributed by atoms with Crippen LogP contribution in [0.25, 0.3) is 10.8 Å². The maximum absolute atomic E-state index is 11.7. The Morgan fingerprint density at radius 3 is 2.76 bits per heavy atom. The molecular formula is C14H14N2O. The van der Waals surface area contributed by atoms with E-state index in [2.05, 4.69) is 12.1 Å². The molecule has 2 aromatic carbocycles. The van der Waals surface area contributed by atoms with E-state index in [1.807, 2.05) is 24.3 Å². The van der Waals surface area contributed by atoms with Gasteiger partial charge in [0.05, 0.1) is 5.69 Å². The minimum atomic E-state index is -0.000897. The second-order valence-electron chi connectivity index (χ2n) is 4.40. The first-order valence-corrected chi connectivity index (χ1v) is 5.85. The van der Waals surface area contributed by atoms with Gasteiger partial charge in [0.2, 0.25) is 5.91 Å². The first-order chi connectivity index (χ1) is 8.27. The van der Waals surface area contributed by atoms with Gasteiger partial charge < -0.3 is 0 Å². The number of nitrogens with two attached hydrogens (primary N) is 1. The summed E-state index contributed by atoms with van der Waals surface area (Å²) >= 11 is 0. The molecule has 0 aromatic heterocycles. The number of amides is 1. The predicted octanol–water partition coefficient (Wildman–Crippen LogP) is 2.38. The van der Waals surface area contributed by atoms with Crippen LogP contribution < -0.4 is 10.9 Å². The van der Waals surface area contributed by atoms with Crippen LogP contribution in [0.1, 0.15) is 18.4 Å². The first kappa shape index (κ1) is 10.3. The molecule has 0 saturated heterocycles. The number of carbonyl (C=O) groups is 1. The van der Waals surface area contributed by atoms with Gasteiger partial charge in [-0.3, -0.25) is 4.79 Å². The Balaban J connectivity index is 2.29. The number of carbonyl (C=O) groups excluding carboxylic acids is 1. The van der Waals surface area contributed by atoms with E-state index >= 15 is 0 Å². The van der Waals surface area contributed by atoms with Gasteiger partial charge >= 0.3 is 0 Å². The number of hydrogen-bond acceptors (Lipinski definition) is 2. The van der Waals surface area contributed by atoms with Gasteiger partial charge in [-0.25, -0.2) is 10.9 Å². The number of rotatable bonds is 0. The van der Waals surface area contributed by atoms with E-state index in [0.717, 1.165) is 18.5 Å². The van der Waals surface area contributed by atoms with Crippen molar-refractivity contribution in [1.82, 2.24) is 0 Å². The normalized spacial score (nSPS) is 15.8. The van der Waals surface area contributed by atoms with Crippen LogP contribution in [0.5, 0.6) is 0 Å². The van der Waals surface area contributed by atoms with Crippen molar-refractivity contribution in [3.63, 3.8) is 0 Å². The number of anilines is 1. The van der Waals surface area contributed by atoms with Crippen LogP contribution in [0.3, 0.4) is 0 Å². The standard InChI is InChI=1S/C14H14N2O/c15-16-13-9-8-10-4-1-2-5-11(10)12(13)6-3-7-14(16)17/h1-2,4-5,8-9H,3,6-7,15H2. The van der Waals surface area contributed by atoms with E-state index in [1.54, 1.807) is 0 Å². The zero-order valence-electron chi connectivity index (χ0n) is 9.52. The van der Waals surface area contributed by atoms with E-state index in [4.69, 9.17) is 5.84 Å². The van der Waals surface area contributed by atoms with Crippen molar-refractivity contribution in [2.24, 2.45) is 5.84 Å². The lowest BCUT2D eigenvalue weighted by atomic mass is 9.99. The highest BCUT2D eigenvalue weighted by Gasteiger charge is 2.20. The molecule has 3 heteroatoms. The molecule has 1 amide bonds. The molecule has 2 aromatic rings. The average molecular weight is 226 g/mol. The second-order valence-corrected chi connectivity index (χ2v) is 4.40. The molecule has 0 spiro atoms. The summed E-state index contributed by atoms with van der Waals surface area (Å²) < 4.78 is 0. The van der Waals surface area contributed by atoms with Gasteiger partial charge in [0.25, 0.3) is 0 Å². The van der Waals surface area contributed by atoms with Crippen molar-refractivity contribution in [3.8, 4) is 0 Å². The Morgan fingerprint density at radius 1 is 1.06 bits per heavy atom. The van der Waals surface area contributed by atoms with E-state index in [0.29, 0.717) is 6.42 Å². The van der Waals surface area contributed by atoms with Crippen LogP contribution in [-0.4, -0.2) is 5.91 Å².